The van der Waals surface area contributed by atoms with Crippen LogP contribution in [-0.2, 0) is 28.3 Å². The van der Waals surface area contributed by atoms with Crippen LogP contribution in [0.5, 0.6) is 0 Å². The van der Waals surface area contributed by atoms with Crippen LogP contribution in [-0.4, -0.2) is 52.7 Å². The number of hydrogen-bond donors (Lipinski definition) is 1. The van der Waals surface area contributed by atoms with E-state index >= 15 is 0 Å². The first-order valence-corrected chi connectivity index (χ1v) is 11.6. The van der Waals surface area contributed by atoms with Crippen LogP contribution in [0.2, 0.25) is 10.0 Å². The Hall–Kier alpha value is -2.84. The number of nitrogens with zero attached hydrogens (tertiary/aromatic N) is 3. The predicted octanol–water partition coefficient (Wildman–Crippen LogP) is 5.10. The van der Waals surface area contributed by atoms with E-state index in [1.807, 2.05) is 5.32 Å². The summed E-state index contributed by atoms with van der Waals surface area (Å²) in [5.41, 5.74) is -5.37. The van der Waals surface area contributed by atoms with Crippen LogP contribution in [0.25, 0.3) is 0 Å². The third-order valence-electron chi connectivity index (χ3n) is 6.62. The third kappa shape index (κ3) is 4.22. The zero-order valence-corrected chi connectivity index (χ0v) is 20.3. The molecule has 1 unspecified atom stereocenters. The van der Waals surface area contributed by atoms with E-state index in [1.54, 1.807) is 0 Å². The number of ether oxygens (including phenoxy) is 1. The lowest BCUT2D eigenvalue weighted by Gasteiger charge is -2.42. The Labute approximate surface area is 219 Å². The number of nitrogens with one attached hydrogen (secondary N) is 1. The van der Waals surface area contributed by atoms with E-state index < -0.39 is 70.5 Å². The monoisotopic (exact) mass is 586 g/mol. The summed E-state index contributed by atoms with van der Waals surface area (Å²) in [5, 5.41) is 4.30. The van der Waals surface area contributed by atoms with Crippen molar-refractivity contribution >= 4 is 34.9 Å². The maximum Gasteiger partial charge on any atom is 0.435 e. The predicted molar refractivity (Wildman–Crippen MR) is 118 cm³/mol. The number of halogens is 9. The minimum absolute atomic E-state index is 0.0211. The standard InChI is InChI=1S/C22H15Cl2F7N4O3/c23-13-2-12(3-14(24)17(13)25)20(22(29,30)31)4-16(34-38-20)35-6-10-1-15(32-5-11(10)7-35)18(36)33-19(8-37-9-19)21(26,27)28/h1-3,5H,4,6-9H2,(H,33,36). The van der Waals surface area contributed by atoms with Crippen molar-refractivity contribution < 1.29 is 45.1 Å². The molecule has 2 aromatic rings. The van der Waals surface area contributed by atoms with Crippen LogP contribution in [0, 0.1) is 5.82 Å². The number of pyridine rings is 1. The van der Waals surface area contributed by atoms with Gasteiger partial charge in [0.25, 0.3) is 11.5 Å². The maximum atomic E-state index is 14.2. The number of carbonyl (C=O) groups is 1. The average molecular weight is 587 g/mol. The Morgan fingerprint density at radius 3 is 2.18 bits per heavy atom. The van der Waals surface area contributed by atoms with E-state index in [1.165, 1.54) is 17.2 Å². The van der Waals surface area contributed by atoms with E-state index in [2.05, 4.69) is 14.9 Å². The van der Waals surface area contributed by atoms with E-state index in [9.17, 15) is 35.5 Å². The Morgan fingerprint density at radius 1 is 1.00 bits per heavy atom. The summed E-state index contributed by atoms with van der Waals surface area (Å²) in [6, 6.07) is 2.80. The Bertz CT molecular complexity index is 1320. The molecule has 1 atom stereocenters. The molecule has 38 heavy (non-hydrogen) atoms. The normalized spacial score (nSPS) is 22.4. The zero-order chi connectivity index (χ0) is 27.7. The summed E-state index contributed by atoms with van der Waals surface area (Å²) in [6.45, 7) is -1.43. The van der Waals surface area contributed by atoms with Crippen molar-refractivity contribution in [2.24, 2.45) is 5.16 Å². The molecule has 0 spiro atoms. The lowest BCUT2D eigenvalue weighted by Crippen LogP contribution is -2.70. The number of alkyl halides is 6. The van der Waals surface area contributed by atoms with Gasteiger partial charge in [-0.2, -0.15) is 26.3 Å². The van der Waals surface area contributed by atoms with Gasteiger partial charge < -0.3 is 19.8 Å². The van der Waals surface area contributed by atoms with Gasteiger partial charge in [0.15, 0.2) is 11.4 Å². The molecule has 1 N–H and O–H groups in total. The number of carbonyl (C=O) groups excluding carboxylic acids is 1. The molecular formula is C22H15Cl2F7N4O3. The summed E-state index contributed by atoms with van der Waals surface area (Å²) in [7, 11) is 0. The fourth-order valence-electron chi connectivity index (χ4n) is 4.33. The molecule has 0 radical (unpaired) electrons. The maximum absolute atomic E-state index is 14.2. The van der Waals surface area contributed by atoms with Crippen molar-refractivity contribution in [3.05, 3.63) is 62.6 Å². The smallest absolute Gasteiger partial charge is 0.376 e. The lowest BCUT2D eigenvalue weighted by molar-refractivity contribution is -0.275. The second-order valence-electron chi connectivity index (χ2n) is 9.08. The molecule has 16 heteroatoms. The van der Waals surface area contributed by atoms with Crippen LogP contribution in [0.15, 0.2) is 29.6 Å². The molecule has 1 aromatic heterocycles. The molecule has 5 rings (SSSR count). The highest BCUT2D eigenvalue weighted by atomic mass is 35.5. The summed E-state index contributed by atoms with van der Waals surface area (Å²) >= 11 is 11.4. The van der Waals surface area contributed by atoms with Crippen LogP contribution in [0.1, 0.15) is 33.6 Å². The lowest BCUT2D eigenvalue weighted by atomic mass is 9.89. The van der Waals surface area contributed by atoms with Crippen molar-refractivity contribution in [3.63, 3.8) is 0 Å². The highest BCUT2D eigenvalue weighted by Gasteiger charge is 2.63. The highest BCUT2D eigenvalue weighted by Crippen LogP contribution is 2.50. The Balaban J connectivity index is 1.35. The van der Waals surface area contributed by atoms with Crippen LogP contribution in [0.4, 0.5) is 30.7 Å². The van der Waals surface area contributed by atoms with Gasteiger partial charge in [0.05, 0.1) is 29.7 Å². The number of fused-ring (bicyclic) bond motifs is 1. The number of rotatable bonds is 3. The van der Waals surface area contributed by atoms with Gasteiger partial charge in [-0.25, -0.2) is 4.39 Å². The zero-order valence-electron chi connectivity index (χ0n) is 18.8. The summed E-state index contributed by atoms with van der Waals surface area (Å²) in [6.07, 6.45) is -9.27. The summed E-state index contributed by atoms with van der Waals surface area (Å²) < 4.78 is 101. The number of oxime groups is 1. The van der Waals surface area contributed by atoms with E-state index in [0.29, 0.717) is 11.1 Å². The first-order valence-electron chi connectivity index (χ1n) is 10.8. The van der Waals surface area contributed by atoms with Gasteiger partial charge in [-0.3, -0.25) is 9.78 Å². The molecule has 3 aliphatic heterocycles. The molecular weight excluding hydrogens is 572 g/mol. The van der Waals surface area contributed by atoms with Gasteiger partial charge >= 0.3 is 12.4 Å². The second kappa shape index (κ2) is 8.85. The third-order valence-corrected chi connectivity index (χ3v) is 7.17. The second-order valence-corrected chi connectivity index (χ2v) is 9.89. The van der Waals surface area contributed by atoms with Crippen LogP contribution >= 0.6 is 23.2 Å². The molecule has 4 heterocycles. The van der Waals surface area contributed by atoms with Gasteiger partial charge in [0.1, 0.15) is 11.5 Å². The topological polar surface area (TPSA) is 76.0 Å². The van der Waals surface area contributed by atoms with Crippen molar-refractivity contribution in [2.75, 3.05) is 13.2 Å². The molecule has 1 fully saturated rings. The summed E-state index contributed by atoms with van der Waals surface area (Å²) in [4.78, 5) is 22.8. The number of amidine groups is 1. The van der Waals surface area contributed by atoms with Gasteiger partial charge in [-0.05, 0) is 29.3 Å². The molecule has 7 nitrogen and oxygen atoms in total. The summed E-state index contributed by atoms with van der Waals surface area (Å²) in [5.74, 6) is -2.26. The van der Waals surface area contributed by atoms with Gasteiger partial charge in [0.2, 0.25) is 0 Å². The van der Waals surface area contributed by atoms with Gasteiger partial charge in [0, 0.05) is 24.8 Å². The van der Waals surface area contributed by atoms with Crippen molar-refractivity contribution in [1.82, 2.24) is 15.2 Å². The fraction of sp³-hybridized carbons (Fsp3) is 0.409. The quantitative estimate of drug-likeness (QED) is 0.400. The fourth-order valence-corrected chi connectivity index (χ4v) is 4.82. The number of amides is 1. The van der Waals surface area contributed by atoms with E-state index in [4.69, 9.17) is 28.0 Å². The first kappa shape index (κ1) is 26.8. The molecule has 1 aromatic carbocycles. The first-order chi connectivity index (χ1) is 17.7. The van der Waals surface area contributed by atoms with Crippen molar-refractivity contribution in [3.8, 4) is 0 Å². The van der Waals surface area contributed by atoms with Crippen LogP contribution < -0.4 is 5.32 Å². The van der Waals surface area contributed by atoms with Crippen molar-refractivity contribution in [2.45, 2.75) is 43.0 Å². The Kier molecular flexibility index (Phi) is 6.23. The SMILES string of the molecule is O=C(NC1(C(F)(F)F)COC1)c1cc2c(cn1)CN(C1=NOC(c3cc(Cl)c(F)c(Cl)c3)(C(F)(F)F)C1)C2. The molecule has 0 aliphatic carbocycles. The van der Waals surface area contributed by atoms with Crippen LogP contribution in [0.3, 0.4) is 0 Å². The minimum Gasteiger partial charge on any atom is -0.376 e. The molecule has 1 saturated heterocycles. The van der Waals surface area contributed by atoms with Crippen molar-refractivity contribution in [1.29, 1.82) is 0 Å². The van der Waals surface area contributed by atoms with E-state index in [-0.39, 0.29) is 24.6 Å². The Morgan fingerprint density at radius 2 is 1.63 bits per heavy atom. The number of benzene rings is 1. The average Bonchev–Trinajstić information content (AvgIpc) is 3.43. The van der Waals surface area contributed by atoms with Gasteiger partial charge in [-0.15, -0.1) is 0 Å². The molecule has 0 saturated carbocycles. The minimum atomic E-state index is -5.00. The molecule has 0 bridgehead atoms. The molecule has 3 aliphatic rings. The molecule has 1 amide bonds. The van der Waals surface area contributed by atoms with E-state index in [0.717, 1.165) is 12.1 Å². The number of aromatic nitrogens is 1. The molecule has 204 valence electrons. The van der Waals surface area contributed by atoms with Gasteiger partial charge in [-0.1, -0.05) is 28.4 Å². The highest BCUT2D eigenvalue weighted by molar-refractivity contribution is 6.35. The number of hydrogen-bond acceptors (Lipinski definition) is 6. The largest absolute Gasteiger partial charge is 0.435 e.